The van der Waals surface area contributed by atoms with Crippen LogP contribution in [0.4, 0.5) is 0 Å². The smallest absolute Gasteiger partial charge is 0.219 e. The fourth-order valence-corrected chi connectivity index (χ4v) is 2.19. The normalized spacial score (nSPS) is 12.3. The summed E-state index contributed by atoms with van der Waals surface area (Å²) in [6.07, 6.45) is 4.32. The fraction of sp³-hybridized carbons (Fsp3) is 0.176. The van der Waals surface area contributed by atoms with E-state index in [9.17, 15) is 0 Å². The summed E-state index contributed by atoms with van der Waals surface area (Å²) in [6, 6.07) is 13.9. The Balaban J connectivity index is 1.78. The fourth-order valence-electron chi connectivity index (χ4n) is 2.19. The van der Waals surface area contributed by atoms with Crippen molar-refractivity contribution < 1.29 is 4.74 Å². The maximum Gasteiger partial charge on any atom is 0.219 e. The molecule has 1 unspecified atom stereocenters. The minimum Gasteiger partial charge on any atom is -0.437 e. The number of nitrogens with two attached hydrogens (primary N) is 1. The third kappa shape index (κ3) is 3.35. The zero-order valence-corrected chi connectivity index (χ0v) is 11.9. The Kier molecular flexibility index (Phi) is 3.79. The van der Waals surface area contributed by atoms with Crippen molar-refractivity contribution in [2.24, 2.45) is 5.73 Å². The minimum absolute atomic E-state index is 0.128. The molecule has 0 amide bonds. The van der Waals surface area contributed by atoms with Gasteiger partial charge in [-0.25, -0.2) is 4.98 Å². The van der Waals surface area contributed by atoms with Crippen molar-refractivity contribution in [3.8, 4) is 11.6 Å². The number of fused-ring (bicyclic) bond motifs is 1. The summed E-state index contributed by atoms with van der Waals surface area (Å²) in [5, 5.41) is 1.04. The second-order valence-corrected chi connectivity index (χ2v) is 5.15. The maximum atomic E-state index is 5.77. The number of hydrogen-bond donors (Lipinski definition) is 1. The molecule has 3 aromatic rings. The van der Waals surface area contributed by atoms with Crippen LogP contribution >= 0.6 is 0 Å². The van der Waals surface area contributed by atoms with Crippen molar-refractivity contribution in [3.63, 3.8) is 0 Å². The first-order valence-electron chi connectivity index (χ1n) is 6.94. The van der Waals surface area contributed by atoms with Crippen molar-refractivity contribution in [2.45, 2.75) is 19.4 Å². The summed E-state index contributed by atoms with van der Waals surface area (Å²) in [7, 11) is 0. The van der Waals surface area contributed by atoms with Gasteiger partial charge in [-0.1, -0.05) is 24.3 Å². The molecule has 3 rings (SSSR count). The number of pyridine rings is 2. The summed E-state index contributed by atoms with van der Waals surface area (Å²) in [6.45, 7) is 1.98. The Morgan fingerprint density at radius 3 is 2.71 bits per heavy atom. The van der Waals surface area contributed by atoms with Gasteiger partial charge in [0.15, 0.2) is 0 Å². The van der Waals surface area contributed by atoms with Gasteiger partial charge in [-0.3, -0.25) is 4.98 Å². The van der Waals surface area contributed by atoms with Crippen LogP contribution in [0.2, 0.25) is 0 Å². The lowest BCUT2D eigenvalue weighted by molar-refractivity contribution is 0.461. The molecule has 106 valence electrons. The Labute approximate surface area is 123 Å². The molecule has 1 atom stereocenters. The highest BCUT2D eigenvalue weighted by atomic mass is 16.5. The molecular weight excluding hydrogens is 262 g/mol. The molecule has 1 aromatic carbocycles. The Bertz CT molecular complexity index is 738. The van der Waals surface area contributed by atoms with E-state index in [1.165, 1.54) is 0 Å². The van der Waals surface area contributed by atoms with Gasteiger partial charge in [-0.05, 0) is 31.0 Å². The topological polar surface area (TPSA) is 61.0 Å². The highest BCUT2D eigenvalue weighted by Crippen LogP contribution is 2.22. The number of nitrogens with zero attached hydrogens (tertiary/aromatic N) is 2. The van der Waals surface area contributed by atoms with Gasteiger partial charge < -0.3 is 10.5 Å². The first-order valence-corrected chi connectivity index (χ1v) is 6.94. The van der Waals surface area contributed by atoms with Crippen LogP contribution in [-0.4, -0.2) is 16.0 Å². The largest absolute Gasteiger partial charge is 0.437 e. The molecule has 0 saturated heterocycles. The van der Waals surface area contributed by atoms with Crippen molar-refractivity contribution in [3.05, 3.63) is 60.4 Å². The van der Waals surface area contributed by atoms with Crippen LogP contribution < -0.4 is 10.5 Å². The highest BCUT2D eigenvalue weighted by molar-refractivity contribution is 5.79. The number of hydrogen-bond acceptors (Lipinski definition) is 4. The van der Waals surface area contributed by atoms with Crippen molar-refractivity contribution in [1.82, 2.24) is 9.97 Å². The Morgan fingerprint density at radius 2 is 1.95 bits per heavy atom. The number of aromatic nitrogens is 2. The van der Waals surface area contributed by atoms with E-state index in [-0.39, 0.29) is 6.04 Å². The zero-order valence-electron chi connectivity index (χ0n) is 11.9. The highest BCUT2D eigenvalue weighted by Gasteiger charge is 2.03. The van der Waals surface area contributed by atoms with Crippen LogP contribution in [0.3, 0.4) is 0 Å². The molecule has 0 saturated carbocycles. The van der Waals surface area contributed by atoms with E-state index in [1.807, 2.05) is 49.4 Å². The molecule has 2 heterocycles. The summed E-state index contributed by atoms with van der Waals surface area (Å²) < 4.78 is 5.74. The number of para-hydroxylation sites is 1. The first kappa shape index (κ1) is 13.5. The lowest BCUT2D eigenvalue weighted by Gasteiger charge is -2.07. The molecule has 0 radical (unpaired) electrons. The van der Waals surface area contributed by atoms with Crippen LogP contribution in [0.1, 0.15) is 12.5 Å². The van der Waals surface area contributed by atoms with Crippen molar-refractivity contribution in [1.29, 1.82) is 0 Å². The molecule has 4 nitrogen and oxygen atoms in total. The van der Waals surface area contributed by atoms with Crippen LogP contribution in [0, 0.1) is 0 Å². The van der Waals surface area contributed by atoms with E-state index in [0.717, 1.165) is 22.9 Å². The van der Waals surface area contributed by atoms with Gasteiger partial charge in [0.25, 0.3) is 0 Å². The zero-order chi connectivity index (χ0) is 14.7. The molecule has 0 aliphatic carbocycles. The molecule has 0 spiro atoms. The third-order valence-corrected chi connectivity index (χ3v) is 3.14. The van der Waals surface area contributed by atoms with Crippen molar-refractivity contribution >= 4 is 10.9 Å². The lowest BCUT2D eigenvalue weighted by atomic mass is 10.1. The average molecular weight is 279 g/mol. The second kappa shape index (κ2) is 5.89. The van der Waals surface area contributed by atoms with E-state index in [2.05, 4.69) is 9.97 Å². The molecule has 0 aliphatic rings. The molecule has 2 N–H and O–H groups in total. The predicted molar refractivity (Wildman–Crippen MR) is 83.4 cm³/mol. The minimum atomic E-state index is 0.128. The van der Waals surface area contributed by atoms with Gasteiger partial charge >= 0.3 is 0 Å². The van der Waals surface area contributed by atoms with Gasteiger partial charge in [-0.15, -0.1) is 0 Å². The lowest BCUT2D eigenvalue weighted by Crippen LogP contribution is -2.17. The first-order chi connectivity index (χ1) is 10.2. The molecule has 0 fully saturated rings. The maximum absolute atomic E-state index is 5.77. The number of rotatable bonds is 4. The SMILES string of the molecule is CC(N)Cc1ccc(Oc2cnc3ccccc3c2)nc1. The average Bonchev–Trinajstić information content (AvgIpc) is 2.49. The van der Waals surface area contributed by atoms with Crippen LogP contribution in [0.25, 0.3) is 10.9 Å². The monoisotopic (exact) mass is 279 g/mol. The second-order valence-electron chi connectivity index (χ2n) is 5.15. The quantitative estimate of drug-likeness (QED) is 0.796. The van der Waals surface area contributed by atoms with Gasteiger partial charge in [0, 0.05) is 23.7 Å². The summed E-state index contributed by atoms with van der Waals surface area (Å²) in [5.74, 6) is 1.24. The molecule has 0 aliphatic heterocycles. The summed E-state index contributed by atoms with van der Waals surface area (Å²) >= 11 is 0. The molecule has 4 heteroatoms. The van der Waals surface area contributed by atoms with Crippen LogP contribution in [0.5, 0.6) is 11.6 Å². The number of ether oxygens (including phenoxy) is 1. The third-order valence-electron chi connectivity index (χ3n) is 3.14. The Morgan fingerprint density at radius 1 is 1.10 bits per heavy atom. The molecule has 21 heavy (non-hydrogen) atoms. The summed E-state index contributed by atoms with van der Waals surface area (Å²) in [5.41, 5.74) is 7.83. The summed E-state index contributed by atoms with van der Waals surface area (Å²) in [4.78, 5) is 8.67. The van der Waals surface area contributed by atoms with E-state index < -0.39 is 0 Å². The molecule has 2 aromatic heterocycles. The van der Waals surface area contributed by atoms with E-state index in [4.69, 9.17) is 10.5 Å². The Hall–Kier alpha value is -2.46. The van der Waals surface area contributed by atoms with Gasteiger partial charge in [0.2, 0.25) is 5.88 Å². The molecular formula is C17H17N3O. The van der Waals surface area contributed by atoms with E-state index >= 15 is 0 Å². The number of benzene rings is 1. The van der Waals surface area contributed by atoms with Gasteiger partial charge in [0.1, 0.15) is 5.75 Å². The van der Waals surface area contributed by atoms with Gasteiger partial charge in [-0.2, -0.15) is 0 Å². The predicted octanol–water partition coefficient (Wildman–Crippen LogP) is 3.31. The van der Waals surface area contributed by atoms with Crippen LogP contribution in [-0.2, 0) is 6.42 Å². The molecule has 0 bridgehead atoms. The standard InChI is InChI=1S/C17H17N3O/c1-12(18)8-13-6-7-17(20-10-13)21-15-9-14-4-2-3-5-16(14)19-11-15/h2-7,9-12H,8,18H2,1H3. The van der Waals surface area contributed by atoms with Crippen molar-refractivity contribution in [2.75, 3.05) is 0 Å². The van der Waals surface area contributed by atoms with E-state index in [1.54, 1.807) is 12.4 Å². The van der Waals surface area contributed by atoms with Crippen LogP contribution in [0.15, 0.2) is 54.9 Å². The van der Waals surface area contributed by atoms with E-state index in [0.29, 0.717) is 11.6 Å². The van der Waals surface area contributed by atoms with Gasteiger partial charge in [0.05, 0.1) is 11.7 Å².